The molecule has 3 atom stereocenters. The monoisotopic (exact) mass is 436 g/mol. The van der Waals surface area contributed by atoms with E-state index in [1.54, 1.807) is 21.3 Å². The predicted molar refractivity (Wildman–Crippen MR) is 126 cm³/mol. The van der Waals surface area contributed by atoms with Gasteiger partial charge < -0.3 is 29.2 Å². The highest BCUT2D eigenvalue weighted by atomic mass is 16.5. The van der Waals surface area contributed by atoms with Gasteiger partial charge in [-0.2, -0.15) is 0 Å². The lowest BCUT2D eigenvalue weighted by Gasteiger charge is -2.37. The largest absolute Gasteiger partial charge is 0.493 e. The lowest BCUT2D eigenvalue weighted by atomic mass is 9.75. The first-order valence-electron chi connectivity index (χ1n) is 11.7. The predicted octanol–water partition coefficient (Wildman–Crippen LogP) is 4.21. The maximum absolute atomic E-state index is 6.34. The number of nitrogens with zero attached hydrogens (tertiary/aromatic N) is 1. The Morgan fingerprint density at radius 2 is 1.71 bits per heavy atom. The average molecular weight is 437 g/mol. The summed E-state index contributed by atoms with van der Waals surface area (Å²) in [6, 6.07) is 3.98. The Hall–Kier alpha value is -1.50. The molecule has 1 aliphatic carbocycles. The molecule has 1 aliphatic rings. The van der Waals surface area contributed by atoms with Gasteiger partial charge in [0.15, 0.2) is 11.5 Å². The molecule has 1 fully saturated rings. The van der Waals surface area contributed by atoms with Crippen LogP contribution in [0.2, 0.25) is 0 Å². The van der Waals surface area contributed by atoms with Crippen molar-refractivity contribution in [3.63, 3.8) is 0 Å². The van der Waals surface area contributed by atoms with E-state index >= 15 is 0 Å². The molecular weight excluding hydrogens is 392 g/mol. The molecule has 0 aliphatic heterocycles. The van der Waals surface area contributed by atoms with E-state index in [0.29, 0.717) is 35.2 Å². The average Bonchev–Trinajstić information content (AvgIpc) is 2.75. The van der Waals surface area contributed by atoms with Crippen LogP contribution in [0.3, 0.4) is 0 Å². The Labute approximate surface area is 189 Å². The number of ether oxygens (including phenoxy) is 4. The SMILES string of the molecule is COc1cc(CNCCN(C)CCO[C@@H]2C[C@H](C)CC[C@H]2C(C)C)cc(OC)c1OC. The van der Waals surface area contributed by atoms with Crippen LogP contribution in [0, 0.1) is 17.8 Å². The van der Waals surface area contributed by atoms with E-state index in [9.17, 15) is 0 Å². The van der Waals surface area contributed by atoms with Crippen LogP contribution in [-0.2, 0) is 11.3 Å². The third-order valence-electron chi connectivity index (χ3n) is 6.49. The Kier molecular flexibility index (Phi) is 10.9. The molecule has 0 heterocycles. The molecule has 31 heavy (non-hydrogen) atoms. The van der Waals surface area contributed by atoms with E-state index in [2.05, 4.69) is 38.0 Å². The molecule has 178 valence electrons. The van der Waals surface area contributed by atoms with Gasteiger partial charge in [0, 0.05) is 26.2 Å². The first-order valence-corrected chi connectivity index (χ1v) is 11.7. The summed E-state index contributed by atoms with van der Waals surface area (Å²) >= 11 is 0. The van der Waals surface area contributed by atoms with Crippen LogP contribution in [0.5, 0.6) is 17.2 Å². The summed E-state index contributed by atoms with van der Waals surface area (Å²) in [5.41, 5.74) is 1.10. The number of likely N-dealkylation sites (N-methyl/N-ethyl adjacent to an activating group) is 1. The second kappa shape index (κ2) is 13.1. The Bertz CT molecular complexity index is 627. The summed E-state index contributed by atoms with van der Waals surface area (Å²) in [4.78, 5) is 2.33. The molecule has 0 spiro atoms. The zero-order valence-corrected chi connectivity index (χ0v) is 20.7. The maximum atomic E-state index is 6.34. The zero-order valence-electron chi connectivity index (χ0n) is 20.7. The Morgan fingerprint density at radius 1 is 1.03 bits per heavy atom. The van der Waals surface area contributed by atoms with Gasteiger partial charge in [-0.05, 0) is 55.3 Å². The van der Waals surface area contributed by atoms with Gasteiger partial charge in [-0.3, -0.25) is 0 Å². The molecule has 1 saturated carbocycles. The molecule has 6 nitrogen and oxygen atoms in total. The van der Waals surface area contributed by atoms with Gasteiger partial charge in [0.05, 0.1) is 34.0 Å². The van der Waals surface area contributed by atoms with Crippen molar-refractivity contribution in [1.29, 1.82) is 0 Å². The van der Waals surface area contributed by atoms with Gasteiger partial charge in [0.1, 0.15) is 0 Å². The molecule has 0 bridgehead atoms. The summed E-state index contributed by atoms with van der Waals surface area (Å²) in [5, 5.41) is 3.51. The zero-order chi connectivity index (χ0) is 22.8. The van der Waals surface area contributed by atoms with Crippen LogP contribution in [0.25, 0.3) is 0 Å². The summed E-state index contributed by atoms with van der Waals surface area (Å²) in [7, 11) is 7.06. The molecule has 1 aromatic carbocycles. The summed E-state index contributed by atoms with van der Waals surface area (Å²) < 4.78 is 22.6. The van der Waals surface area contributed by atoms with Crippen molar-refractivity contribution in [1.82, 2.24) is 10.2 Å². The lowest BCUT2D eigenvalue weighted by Crippen LogP contribution is -2.37. The van der Waals surface area contributed by atoms with Gasteiger partial charge in [-0.25, -0.2) is 0 Å². The van der Waals surface area contributed by atoms with E-state index in [-0.39, 0.29) is 0 Å². The topological polar surface area (TPSA) is 52.2 Å². The van der Waals surface area contributed by atoms with E-state index in [0.717, 1.165) is 44.3 Å². The van der Waals surface area contributed by atoms with Crippen LogP contribution in [0.4, 0.5) is 0 Å². The first kappa shape index (κ1) is 25.8. The standard InChI is InChI=1S/C25H44N2O4/c1-18(2)21-9-8-19(3)14-22(21)31-13-12-27(4)11-10-26-17-20-15-23(28-5)25(30-7)24(16-20)29-6/h15-16,18-19,21-22,26H,8-14,17H2,1-7H3/t19-,21+,22-/m1/s1. The number of hydrogen-bond donors (Lipinski definition) is 1. The fraction of sp³-hybridized carbons (Fsp3) is 0.760. The minimum Gasteiger partial charge on any atom is -0.493 e. The van der Waals surface area contributed by atoms with E-state index in [1.165, 1.54) is 19.3 Å². The second-order valence-corrected chi connectivity index (χ2v) is 9.25. The second-order valence-electron chi connectivity index (χ2n) is 9.25. The highest BCUT2D eigenvalue weighted by molar-refractivity contribution is 5.53. The summed E-state index contributed by atoms with van der Waals surface area (Å²) in [6.45, 7) is 11.4. The molecule has 2 rings (SSSR count). The van der Waals surface area contributed by atoms with Crippen molar-refractivity contribution >= 4 is 0 Å². The van der Waals surface area contributed by atoms with Gasteiger partial charge >= 0.3 is 0 Å². The molecule has 1 aromatic rings. The van der Waals surface area contributed by atoms with Crippen LogP contribution < -0.4 is 19.5 Å². The summed E-state index contributed by atoms with van der Waals surface area (Å²) in [5.74, 6) is 4.20. The number of rotatable bonds is 13. The summed E-state index contributed by atoms with van der Waals surface area (Å²) in [6.07, 6.45) is 4.29. The molecule has 0 amide bonds. The number of hydrogen-bond acceptors (Lipinski definition) is 6. The van der Waals surface area contributed by atoms with Crippen molar-refractivity contribution in [3.05, 3.63) is 17.7 Å². The third-order valence-corrected chi connectivity index (χ3v) is 6.49. The van der Waals surface area contributed by atoms with E-state index in [4.69, 9.17) is 18.9 Å². The lowest BCUT2D eigenvalue weighted by molar-refractivity contribution is -0.0428. The van der Waals surface area contributed by atoms with Gasteiger partial charge in [0.25, 0.3) is 0 Å². The van der Waals surface area contributed by atoms with Gasteiger partial charge in [-0.15, -0.1) is 0 Å². The molecular formula is C25H44N2O4. The number of methoxy groups -OCH3 is 3. The maximum Gasteiger partial charge on any atom is 0.203 e. The number of benzene rings is 1. The van der Waals surface area contributed by atoms with Crippen molar-refractivity contribution in [2.24, 2.45) is 17.8 Å². The minimum absolute atomic E-state index is 0.426. The first-order chi connectivity index (χ1) is 14.9. The van der Waals surface area contributed by atoms with Gasteiger partial charge in [-0.1, -0.05) is 27.2 Å². The molecule has 0 saturated heterocycles. The van der Waals surface area contributed by atoms with Crippen molar-refractivity contribution in [2.75, 3.05) is 54.6 Å². The van der Waals surface area contributed by atoms with Gasteiger partial charge in [0.2, 0.25) is 5.75 Å². The van der Waals surface area contributed by atoms with Crippen LogP contribution >= 0.6 is 0 Å². The normalized spacial score (nSPS) is 21.5. The van der Waals surface area contributed by atoms with Crippen molar-refractivity contribution < 1.29 is 18.9 Å². The molecule has 0 aromatic heterocycles. The Morgan fingerprint density at radius 3 is 2.29 bits per heavy atom. The minimum atomic E-state index is 0.426. The quantitative estimate of drug-likeness (QED) is 0.468. The van der Waals surface area contributed by atoms with E-state index in [1.807, 2.05) is 12.1 Å². The fourth-order valence-electron chi connectivity index (χ4n) is 4.52. The highest BCUT2D eigenvalue weighted by Crippen LogP contribution is 2.38. The fourth-order valence-corrected chi connectivity index (χ4v) is 4.52. The highest BCUT2D eigenvalue weighted by Gasteiger charge is 2.31. The smallest absolute Gasteiger partial charge is 0.203 e. The van der Waals surface area contributed by atoms with Crippen LogP contribution in [0.1, 0.15) is 45.6 Å². The number of nitrogens with one attached hydrogen (secondary N) is 1. The molecule has 6 heteroatoms. The molecule has 0 radical (unpaired) electrons. The van der Waals surface area contributed by atoms with Crippen LogP contribution in [0.15, 0.2) is 12.1 Å². The van der Waals surface area contributed by atoms with Crippen molar-refractivity contribution in [3.8, 4) is 17.2 Å². The Balaban J connectivity index is 1.71. The van der Waals surface area contributed by atoms with Crippen molar-refractivity contribution in [2.45, 2.75) is 52.7 Å². The molecule has 0 unspecified atom stereocenters. The van der Waals surface area contributed by atoms with E-state index < -0.39 is 0 Å². The van der Waals surface area contributed by atoms with Crippen LogP contribution in [-0.4, -0.2) is 65.6 Å². The third kappa shape index (κ3) is 7.85. The molecule has 1 N–H and O–H groups in total.